The molecule has 4 rings (SSSR count). The van der Waals surface area contributed by atoms with Crippen LogP contribution in [0.4, 0.5) is 24.7 Å². The smallest absolute Gasteiger partial charge is 0.327 e. The van der Waals surface area contributed by atoms with Crippen molar-refractivity contribution >= 4 is 29.1 Å². The van der Waals surface area contributed by atoms with Crippen LogP contribution in [0.5, 0.6) is 0 Å². The van der Waals surface area contributed by atoms with Crippen molar-refractivity contribution in [3.05, 3.63) is 55.7 Å². The molecule has 0 saturated carbocycles. The number of hydroxylamine groups is 1. The molecule has 1 atom stereocenters. The summed E-state index contributed by atoms with van der Waals surface area (Å²) in [5.41, 5.74) is -1.07. The maximum atomic E-state index is 13.4. The third kappa shape index (κ3) is 5.18. The van der Waals surface area contributed by atoms with Crippen LogP contribution < -0.4 is 26.5 Å². The third-order valence-corrected chi connectivity index (χ3v) is 6.30. The van der Waals surface area contributed by atoms with Gasteiger partial charge >= 0.3 is 17.8 Å². The van der Waals surface area contributed by atoms with E-state index in [1.165, 1.54) is 11.9 Å². The highest BCUT2D eigenvalue weighted by molar-refractivity contribution is 6.30. The molecule has 1 aromatic carbocycles. The second-order valence-corrected chi connectivity index (χ2v) is 8.86. The summed E-state index contributed by atoms with van der Waals surface area (Å²) in [6, 6.07) is 6.47. The zero-order chi connectivity index (χ0) is 26.9. The topological polar surface area (TPSA) is 92.0 Å². The molecule has 0 amide bonds. The molecule has 0 bridgehead atoms. The highest BCUT2D eigenvalue weighted by Gasteiger charge is 2.50. The molecule has 2 aliphatic heterocycles. The second-order valence-electron chi connectivity index (χ2n) is 8.42. The summed E-state index contributed by atoms with van der Waals surface area (Å²) in [5.74, 6) is 2.81. The average Bonchev–Trinajstić information content (AvgIpc) is 3.18. The van der Waals surface area contributed by atoms with Crippen molar-refractivity contribution in [1.82, 2.24) is 19.4 Å². The highest BCUT2D eigenvalue weighted by Crippen LogP contribution is 2.39. The lowest BCUT2D eigenvalue weighted by Gasteiger charge is -2.40. The Morgan fingerprint density at radius 2 is 1.84 bits per heavy atom. The number of piperazine rings is 1. The number of benzene rings is 1. The van der Waals surface area contributed by atoms with Crippen LogP contribution in [0, 0.1) is 11.8 Å². The van der Waals surface area contributed by atoms with Crippen LogP contribution >= 0.6 is 11.6 Å². The first-order chi connectivity index (χ1) is 17.5. The van der Waals surface area contributed by atoms with E-state index in [2.05, 4.69) is 17.2 Å². The summed E-state index contributed by atoms with van der Waals surface area (Å²) in [7, 11) is 1.27. The Balaban J connectivity index is 1.96. The van der Waals surface area contributed by atoms with E-state index in [-0.39, 0.29) is 24.6 Å². The third-order valence-electron chi connectivity index (χ3n) is 6.05. The van der Waals surface area contributed by atoms with Gasteiger partial charge in [-0.25, -0.2) is 9.59 Å². The number of nitrogens with zero attached hydrogens (tertiary/aromatic N) is 5. The van der Waals surface area contributed by atoms with Crippen molar-refractivity contribution in [3.63, 3.8) is 0 Å². The zero-order valence-electron chi connectivity index (χ0n) is 20.0. The predicted molar refractivity (Wildman–Crippen MR) is 130 cm³/mol. The maximum Gasteiger partial charge on any atom is 0.493 e. The summed E-state index contributed by atoms with van der Waals surface area (Å²) in [6.45, 7) is 3.15. The van der Waals surface area contributed by atoms with E-state index < -0.39 is 29.7 Å². The van der Waals surface area contributed by atoms with Crippen molar-refractivity contribution in [3.8, 4) is 11.8 Å². The van der Waals surface area contributed by atoms with Gasteiger partial charge in [-0.1, -0.05) is 29.7 Å². The minimum Gasteiger partial charge on any atom is -0.327 e. The minimum absolute atomic E-state index is 0.0629. The molecule has 0 spiro atoms. The van der Waals surface area contributed by atoms with Crippen molar-refractivity contribution in [2.75, 3.05) is 42.7 Å². The molecule has 3 heterocycles. The molecule has 198 valence electrons. The molecule has 1 N–H and O–H groups in total. The maximum absolute atomic E-state index is 13.4. The van der Waals surface area contributed by atoms with Gasteiger partial charge < -0.3 is 15.1 Å². The minimum atomic E-state index is -5.31. The molecule has 37 heavy (non-hydrogen) atoms. The molecule has 1 aromatic heterocycles. The lowest BCUT2D eigenvalue weighted by atomic mass is 10.2. The van der Waals surface area contributed by atoms with Crippen molar-refractivity contribution in [2.24, 2.45) is 7.05 Å². The predicted octanol–water partition coefficient (Wildman–Crippen LogP) is 1.11. The van der Waals surface area contributed by atoms with E-state index in [0.29, 0.717) is 41.8 Å². The lowest BCUT2D eigenvalue weighted by Crippen LogP contribution is -2.61. The number of carbonyl (C=O) groups excluding carboxylic acids is 1. The van der Waals surface area contributed by atoms with Gasteiger partial charge in [0.05, 0.1) is 13.1 Å². The SMILES string of the molecule is CC#CCN1c2c(n(Cc3ccc(Cl)cc3)c(=O)n(C)c2=O)N(OC(=O)C(F)(F)F)C1N1CCNCC1. The first-order valence-corrected chi connectivity index (χ1v) is 11.7. The number of fused-ring (bicyclic) bond motifs is 1. The number of hydrogen-bond donors (Lipinski definition) is 1. The quantitative estimate of drug-likeness (QED) is 0.564. The van der Waals surface area contributed by atoms with Gasteiger partial charge in [-0.15, -0.1) is 11.0 Å². The van der Waals surface area contributed by atoms with Gasteiger partial charge in [0.25, 0.3) is 5.56 Å². The Morgan fingerprint density at radius 1 is 1.19 bits per heavy atom. The number of aromatic nitrogens is 2. The van der Waals surface area contributed by atoms with E-state index in [1.54, 1.807) is 36.1 Å². The molecule has 2 aromatic rings. The number of halogens is 4. The van der Waals surface area contributed by atoms with Gasteiger partial charge in [0.2, 0.25) is 0 Å². The normalized spacial score (nSPS) is 17.8. The average molecular weight is 541 g/mol. The first-order valence-electron chi connectivity index (χ1n) is 11.3. The molecule has 10 nitrogen and oxygen atoms in total. The van der Waals surface area contributed by atoms with Gasteiger partial charge in [-0.2, -0.15) is 13.2 Å². The van der Waals surface area contributed by atoms with Crippen molar-refractivity contribution < 1.29 is 22.8 Å². The van der Waals surface area contributed by atoms with Crippen LogP contribution in [0.25, 0.3) is 0 Å². The van der Waals surface area contributed by atoms with Crippen LogP contribution in [-0.2, 0) is 23.2 Å². The van der Waals surface area contributed by atoms with E-state index in [4.69, 9.17) is 16.4 Å². The van der Waals surface area contributed by atoms with Crippen LogP contribution in [0.1, 0.15) is 12.5 Å². The summed E-state index contributed by atoms with van der Waals surface area (Å²) in [4.78, 5) is 46.9. The zero-order valence-corrected chi connectivity index (χ0v) is 20.8. The van der Waals surface area contributed by atoms with E-state index in [9.17, 15) is 27.6 Å². The van der Waals surface area contributed by atoms with Gasteiger partial charge in [0.1, 0.15) is 0 Å². The molecule has 0 radical (unpaired) electrons. The van der Waals surface area contributed by atoms with Crippen LogP contribution in [0.15, 0.2) is 33.9 Å². The lowest BCUT2D eigenvalue weighted by molar-refractivity contribution is -0.203. The standard InChI is InChI=1S/C23H24ClF3N6O4/c1-3-4-11-31-17-18(32(22(36)29(2)19(17)34)14-15-5-7-16(24)8-6-15)33(37-20(35)23(25,26)27)21(31)30-12-9-28-10-13-30/h5-8,21,28H,9-14H2,1-2H3. The molecule has 2 aliphatic rings. The second kappa shape index (κ2) is 10.5. The first kappa shape index (κ1) is 26.6. The highest BCUT2D eigenvalue weighted by atomic mass is 35.5. The fourth-order valence-corrected chi connectivity index (χ4v) is 4.42. The molecule has 14 heteroatoms. The molecular weight excluding hydrogens is 517 g/mol. The van der Waals surface area contributed by atoms with Crippen molar-refractivity contribution in [2.45, 2.75) is 25.9 Å². The van der Waals surface area contributed by atoms with Gasteiger partial charge in [-0.3, -0.25) is 18.8 Å². The van der Waals surface area contributed by atoms with E-state index >= 15 is 0 Å². The Hall–Kier alpha value is -3.47. The van der Waals surface area contributed by atoms with Gasteiger partial charge in [0, 0.05) is 38.2 Å². The van der Waals surface area contributed by atoms with Gasteiger partial charge in [0.15, 0.2) is 17.8 Å². The van der Waals surface area contributed by atoms with Crippen LogP contribution in [-0.4, -0.2) is 65.2 Å². The summed E-state index contributed by atoms with van der Waals surface area (Å²) >= 11 is 5.97. The molecule has 1 saturated heterocycles. The Morgan fingerprint density at radius 3 is 2.43 bits per heavy atom. The number of anilines is 2. The van der Waals surface area contributed by atoms with Gasteiger partial charge in [-0.05, 0) is 24.6 Å². The largest absolute Gasteiger partial charge is 0.493 e. The van der Waals surface area contributed by atoms with Crippen molar-refractivity contribution in [1.29, 1.82) is 0 Å². The number of hydrogen-bond acceptors (Lipinski definition) is 8. The molecular formula is C23H24ClF3N6O4. The summed E-state index contributed by atoms with van der Waals surface area (Å²) in [5, 5.41) is 4.31. The fourth-order valence-electron chi connectivity index (χ4n) is 4.30. The fraction of sp³-hybridized carbons (Fsp3) is 0.435. The number of alkyl halides is 3. The number of nitrogens with one attached hydrogen (secondary N) is 1. The monoisotopic (exact) mass is 540 g/mol. The van der Waals surface area contributed by atoms with Crippen LogP contribution in [0.3, 0.4) is 0 Å². The molecule has 1 unspecified atom stereocenters. The molecule has 0 aliphatic carbocycles. The Bertz CT molecular complexity index is 1360. The van der Waals surface area contributed by atoms with E-state index in [1.807, 2.05) is 0 Å². The number of rotatable bonds is 5. The Kier molecular flexibility index (Phi) is 7.54. The summed E-state index contributed by atoms with van der Waals surface area (Å²) in [6.07, 6.45) is -6.46. The Labute approximate surface area is 214 Å². The van der Waals surface area contributed by atoms with Crippen LogP contribution in [0.2, 0.25) is 5.02 Å². The number of carbonyl (C=O) groups is 1. The van der Waals surface area contributed by atoms with E-state index in [0.717, 1.165) is 9.13 Å². The summed E-state index contributed by atoms with van der Waals surface area (Å²) < 4.78 is 42.0. The molecule has 1 fully saturated rings.